The lowest BCUT2D eigenvalue weighted by molar-refractivity contribution is -0.145. The molecule has 0 unspecified atom stereocenters. The molecule has 2 amide bonds. The number of hydrogen-bond donors (Lipinski definition) is 2. The summed E-state index contributed by atoms with van der Waals surface area (Å²) in [5.74, 6) is -0.986. The van der Waals surface area contributed by atoms with Gasteiger partial charge in [-0.3, -0.25) is 9.59 Å². The van der Waals surface area contributed by atoms with Crippen molar-refractivity contribution in [3.05, 3.63) is 0 Å². The third-order valence-electron chi connectivity index (χ3n) is 3.44. The molecule has 2 N–H and O–H groups in total. The lowest BCUT2D eigenvalue weighted by atomic mass is 10.1. The number of nitrogens with one attached hydrogen (secondary N) is 2. The van der Waals surface area contributed by atoms with Crippen molar-refractivity contribution in [2.45, 2.75) is 78.3 Å². The highest BCUT2D eigenvalue weighted by Gasteiger charge is 2.19. The molecule has 0 aromatic heterocycles. The second-order valence-corrected chi connectivity index (χ2v) is 5.57. The van der Waals surface area contributed by atoms with Gasteiger partial charge >= 0.3 is 11.9 Å². The fourth-order valence-electron chi connectivity index (χ4n) is 1.95. The molecule has 26 heavy (non-hydrogen) atoms. The maximum absolute atomic E-state index is 11.1. The number of carbonyl (C=O) groups excluding carboxylic acids is 4. The Labute approximate surface area is 156 Å². The van der Waals surface area contributed by atoms with Crippen molar-refractivity contribution in [1.29, 1.82) is 0 Å². The number of hydrogen-bond acceptors (Lipinski definition) is 6. The second-order valence-electron chi connectivity index (χ2n) is 5.57. The first kappa shape index (κ1) is 26.1. The molecule has 0 bridgehead atoms. The molecular weight excluding hydrogens is 340 g/mol. The van der Waals surface area contributed by atoms with Crippen LogP contribution in [-0.2, 0) is 28.7 Å². The highest BCUT2D eigenvalue weighted by Crippen LogP contribution is 2.00. The van der Waals surface area contributed by atoms with Crippen LogP contribution in [0.4, 0.5) is 0 Å². The fraction of sp³-hybridized carbons (Fsp3) is 0.778. The first-order chi connectivity index (χ1) is 12.3. The van der Waals surface area contributed by atoms with Crippen molar-refractivity contribution in [2.24, 2.45) is 0 Å². The Morgan fingerprint density at radius 1 is 0.692 bits per heavy atom. The van der Waals surface area contributed by atoms with Gasteiger partial charge in [0.05, 0.1) is 14.2 Å². The molecule has 8 nitrogen and oxygen atoms in total. The fourth-order valence-corrected chi connectivity index (χ4v) is 1.95. The number of carbonyl (C=O) groups is 4. The standard InChI is InChI=1S/2C9H17NO3/c2*1-4-6-7(9(12)13-3)10-8(11)5-2/h2*7H,4-6H2,1-3H3,(H,10,11)/t2*7-/m00/s1. The summed E-state index contributed by atoms with van der Waals surface area (Å²) in [6.45, 7) is 7.40. The summed E-state index contributed by atoms with van der Waals surface area (Å²) >= 11 is 0. The molecule has 152 valence electrons. The van der Waals surface area contributed by atoms with Gasteiger partial charge in [0.2, 0.25) is 11.8 Å². The lowest BCUT2D eigenvalue weighted by Gasteiger charge is -2.14. The van der Waals surface area contributed by atoms with E-state index in [9.17, 15) is 19.2 Å². The van der Waals surface area contributed by atoms with E-state index in [1.54, 1.807) is 13.8 Å². The van der Waals surface area contributed by atoms with Crippen molar-refractivity contribution in [1.82, 2.24) is 10.6 Å². The zero-order valence-corrected chi connectivity index (χ0v) is 16.8. The van der Waals surface area contributed by atoms with E-state index in [4.69, 9.17) is 0 Å². The van der Waals surface area contributed by atoms with Crippen molar-refractivity contribution in [3.63, 3.8) is 0 Å². The van der Waals surface area contributed by atoms with Gasteiger partial charge in [-0.25, -0.2) is 9.59 Å². The van der Waals surface area contributed by atoms with Gasteiger partial charge in [-0.2, -0.15) is 0 Å². The largest absolute Gasteiger partial charge is 0.467 e. The van der Waals surface area contributed by atoms with Crippen LogP contribution < -0.4 is 10.6 Å². The van der Waals surface area contributed by atoms with E-state index in [0.717, 1.165) is 12.8 Å². The highest BCUT2D eigenvalue weighted by molar-refractivity contribution is 5.84. The molecule has 0 aliphatic rings. The van der Waals surface area contributed by atoms with Gasteiger partial charge < -0.3 is 20.1 Å². The van der Waals surface area contributed by atoms with Crippen LogP contribution in [0, 0.1) is 0 Å². The lowest BCUT2D eigenvalue weighted by Crippen LogP contribution is -2.41. The maximum atomic E-state index is 11.1. The maximum Gasteiger partial charge on any atom is 0.328 e. The Bertz CT molecular complexity index is 399. The first-order valence-corrected chi connectivity index (χ1v) is 9.05. The van der Waals surface area contributed by atoms with Crippen molar-refractivity contribution >= 4 is 23.8 Å². The van der Waals surface area contributed by atoms with Crippen molar-refractivity contribution in [2.75, 3.05) is 14.2 Å². The summed E-state index contributed by atoms with van der Waals surface area (Å²) in [7, 11) is 2.65. The molecule has 0 saturated carbocycles. The van der Waals surface area contributed by atoms with Crippen LogP contribution in [-0.4, -0.2) is 50.1 Å². The average Bonchev–Trinajstić information content (AvgIpc) is 2.66. The molecule has 0 saturated heterocycles. The predicted octanol–water partition coefficient (Wildman–Crippen LogP) is 1.71. The van der Waals surface area contributed by atoms with Gasteiger partial charge in [-0.1, -0.05) is 40.5 Å². The van der Waals surface area contributed by atoms with E-state index in [0.29, 0.717) is 25.7 Å². The van der Waals surface area contributed by atoms with Crippen LogP contribution in [0.25, 0.3) is 0 Å². The van der Waals surface area contributed by atoms with Crippen LogP contribution in [0.3, 0.4) is 0 Å². The predicted molar refractivity (Wildman–Crippen MR) is 98.3 cm³/mol. The van der Waals surface area contributed by atoms with Gasteiger partial charge in [0.15, 0.2) is 0 Å². The van der Waals surface area contributed by atoms with E-state index in [1.165, 1.54) is 14.2 Å². The summed E-state index contributed by atoms with van der Waals surface area (Å²) in [5, 5.41) is 5.21. The SMILES string of the molecule is CCC[C@H](NC(=O)CC)C(=O)OC.CCC[C@H](NC(=O)CC)C(=O)OC. The van der Waals surface area contributed by atoms with Crippen LogP contribution in [0.5, 0.6) is 0 Å². The topological polar surface area (TPSA) is 111 Å². The molecule has 0 aromatic rings. The normalized spacial score (nSPS) is 11.9. The second kappa shape index (κ2) is 16.4. The summed E-state index contributed by atoms with van der Waals surface area (Å²) in [6, 6.07) is -0.968. The van der Waals surface area contributed by atoms with E-state index in [1.807, 2.05) is 13.8 Å². The van der Waals surface area contributed by atoms with Crippen molar-refractivity contribution < 1.29 is 28.7 Å². The van der Waals surface area contributed by atoms with E-state index in [-0.39, 0.29) is 23.8 Å². The minimum Gasteiger partial charge on any atom is -0.467 e. The highest BCUT2D eigenvalue weighted by atomic mass is 16.5. The van der Waals surface area contributed by atoms with Crippen LogP contribution in [0.15, 0.2) is 0 Å². The Hall–Kier alpha value is -2.12. The molecule has 0 aliphatic carbocycles. The molecular formula is C18H34N2O6. The molecule has 0 spiro atoms. The number of esters is 2. The molecule has 0 radical (unpaired) electrons. The monoisotopic (exact) mass is 374 g/mol. The van der Waals surface area contributed by atoms with Gasteiger partial charge in [0, 0.05) is 12.8 Å². The molecule has 0 fully saturated rings. The third kappa shape index (κ3) is 12.3. The zero-order chi connectivity index (χ0) is 20.5. The summed E-state index contributed by atoms with van der Waals surface area (Å²) in [5.41, 5.74) is 0. The number of rotatable bonds is 10. The summed E-state index contributed by atoms with van der Waals surface area (Å²) in [6.07, 6.45) is 3.69. The Balaban J connectivity index is 0. The summed E-state index contributed by atoms with van der Waals surface area (Å²) < 4.78 is 9.11. The molecule has 0 aromatic carbocycles. The first-order valence-electron chi connectivity index (χ1n) is 9.05. The number of amides is 2. The van der Waals surface area contributed by atoms with Gasteiger partial charge in [0.1, 0.15) is 12.1 Å². The average molecular weight is 374 g/mol. The molecule has 2 atom stereocenters. The van der Waals surface area contributed by atoms with E-state index >= 15 is 0 Å². The van der Waals surface area contributed by atoms with Gasteiger partial charge in [-0.05, 0) is 12.8 Å². The van der Waals surface area contributed by atoms with Crippen molar-refractivity contribution in [3.8, 4) is 0 Å². The van der Waals surface area contributed by atoms with Crippen LogP contribution >= 0.6 is 0 Å². The number of ether oxygens (including phenoxy) is 2. The van der Waals surface area contributed by atoms with Crippen LogP contribution in [0.1, 0.15) is 66.2 Å². The zero-order valence-electron chi connectivity index (χ0n) is 16.8. The quantitative estimate of drug-likeness (QED) is 0.563. The minimum absolute atomic E-state index is 0.121. The third-order valence-corrected chi connectivity index (χ3v) is 3.44. The van der Waals surface area contributed by atoms with Crippen LogP contribution in [0.2, 0.25) is 0 Å². The molecule has 0 rings (SSSR count). The van der Waals surface area contributed by atoms with E-state index in [2.05, 4.69) is 20.1 Å². The smallest absolute Gasteiger partial charge is 0.328 e. The Morgan fingerprint density at radius 3 is 1.19 bits per heavy atom. The Morgan fingerprint density at radius 2 is 1.00 bits per heavy atom. The minimum atomic E-state index is -0.484. The summed E-state index contributed by atoms with van der Waals surface area (Å²) in [4.78, 5) is 44.2. The van der Waals surface area contributed by atoms with E-state index < -0.39 is 12.1 Å². The molecule has 0 aliphatic heterocycles. The molecule has 0 heterocycles. The molecule has 8 heteroatoms. The van der Waals surface area contributed by atoms with Gasteiger partial charge in [-0.15, -0.1) is 0 Å². The number of methoxy groups -OCH3 is 2. The van der Waals surface area contributed by atoms with Gasteiger partial charge in [0.25, 0.3) is 0 Å². The Kier molecular flexibility index (Phi) is 16.4.